The number of amides is 1. The van der Waals surface area contributed by atoms with Gasteiger partial charge in [0.25, 0.3) is 0 Å². The fraction of sp³-hybridized carbons (Fsp3) is 0.500. The van der Waals surface area contributed by atoms with Gasteiger partial charge in [-0.1, -0.05) is 0 Å². The third-order valence-corrected chi connectivity index (χ3v) is 4.38. The Morgan fingerprint density at radius 2 is 2.21 bits per heavy atom. The number of benzene rings is 1. The van der Waals surface area contributed by atoms with E-state index >= 15 is 0 Å². The zero-order valence-electron chi connectivity index (χ0n) is 11.1. The van der Waals surface area contributed by atoms with Crippen molar-refractivity contribution in [3.63, 3.8) is 0 Å². The molecule has 2 rings (SSSR count). The Morgan fingerprint density at radius 3 is 2.84 bits per heavy atom. The number of hydrogen-bond acceptors (Lipinski definition) is 4. The summed E-state index contributed by atoms with van der Waals surface area (Å²) in [5.74, 6) is 3.57. The summed E-state index contributed by atoms with van der Waals surface area (Å²) in [6.45, 7) is 0. The normalized spacial score (nSPS) is 16.1. The fourth-order valence-corrected chi connectivity index (χ4v) is 3.44. The first kappa shape index (κ1) is 14.1. The summed E-state index contributed by atoms with van der Waals surface area (Å²) in [7, 11) is 1.57. The van der Waals surface area contributed by atoms with Crippen LogP contribution in [0.1, 0.15) is 19.3 Å². The topological polar surface area (TPSA) is 64.3 Å². The minimum absolute atomic E-state index is 0.0708. The molecule has 1 aromatic rings. The fourth-order valence-electron chi connectivity index (χ4n) is 2.24. The van der Waals surface area contributed by atoms with E-state index in [1.807, 2.05) is 17.8 Å². The van der Waals surface area contributed by atoms with Crippen LogP contribution in [0.15, 0.2) is 18.2 Å². The molecule has 0 aromatic heterocycles. The molecule has 5 heteroatoms. The molecule has 0 aliphatic carbocycles. The van der Waals surface area contributed by atoms with Gasteiger partial charge in [-0.05, 0) is 48.5 Å². The summed E-state index contributed by atoms with van der Waals surface area (Å²) in [6, 6.07) is 5.31. The number of methoxy groups -OCH3 is 1. The lowest BCUT2D eigenvalue weighted by Gasteiger charge is -2.20. The van der Waals surface area contributed by atoms with E-state index in [-0.39, 0.29) is 5.91 Å². The van der Waals surface area contributed by atoms with Crippen molar-refractivity contribution in [1.82, 2.24) is 0 Å². The van der Waals surface area contributed by atoms with Crippen molar-refractivity contribution in [2.45, 2.75) is 19.3 Å². The van der Waals surface area contributed by atoms with Gasteiger partial charge < -0.3 is 15.8 Å². The van der Waals surface area contributed by atoms with Crippen molar-refractivity contribution < 1.29 is 9.53 Å². The van der Waals surface area contributed by atoms with E-state index in [1.54, 1.807) is 19.2 Å². The molecule has 4 nitrogen and oxygen atoms in total. The second-order valence-electron chi connectivity index (χ2n) is 4.76. The minimum atomic E-state index is 0.0708. The summed E-state index contributed by atoms with van der Waals surface area (Å²) < 4.78 is 5.09. The number of anilines is 2. The third kappa shape index (κ3) is 4.06. The number of thioether (sulfide) groups is 1. The van der Waals surface area contributed by atoms with Crippen LogP contribution in [0.25, 0.3) is 0 Å². The van der Waals surface area contributed by atoms with Crippen LogP contribution in [0, 0.1) is 5.92 Å². The lowest BCUT2D eigenvalue weighted by atomic mass is 9.98. The SMILES string of the molecule is COc1ccc(NC(=O)CC2CCSCC2)cc1N. The number of nitrogens with one attached hydrogen (secondary N) is 1. The predicted octanol–water partition coefficient (Wildman–Crippen LogP) is 2.75. The lowest BCUT2D eigenvalue weighted by molar-refractivity contribution is -0.117. The Labute approximate surface area is 118 Å². The van der Waals surface area contributed by atoms with E-state index in [4.69, 9.17) is 10.5 Å². The number of carbonyl (C=O) groups excluding carboxylic acids is 1. The molecule has 0 saturated carbocycles. The quantitative estimate of drug-likeness (QED) is 0.832. The van der Waals surface area contributed by atoms with E-state index in [1.165, 1.54) is 11.5 Å². The molecule has 19 heavy (non-hydrogen) atoms. The van der Waals surface area contributed by atoms with Crippen LogP contribution in [0.5, 0.6) is 5.75 Å². The molecule has 0 atom stereocenters. The first-order valence-electron chi connectivity index (χ1n) is 6.50. The van der Waals surface area contributed by atoms with Gasteiger partial charge in [-0.3, -0.25) is 4.79 Å². The molecule has 1 aliphatic heterocycles. The molecule has 1 aromatic carbocycles. The van der Waals surface area contributed by atoms with Crippen LogP contribution in [-0.4, -0.2) is 24.5 Å². The van der Waals surface area contributed by atoms with Crippen molar-refractivity contribution in [1.29, 1.82) is 0 Å². The van der Waals surface area contributed by atoms with Crippen LogP contribution in [0.3, 0.4) is 0 Å². The molecule has 0 radical (unpaired) electrons. The Kier molecular flexibility index (Phi) is 4.96. The van der Waals surface area contributed by atoms with Crippen LogP contribution in [0.4, 0.5) is 11.4 Å². The zero-order chi connectivity index (χ0) is 13.7. The highest BCUT2D eigenvalue weighted by molar-refractivity contribution is 7.99. The highest BCUT2D eigenvalue weighted by Crippen LogP contribution is 2.27. The molecular formula is C14H20N2O2S. The maximum Gasteiger partial charge on any atom is 0.224 e. The molecular weight excluding hydrogens is 260 g/mol. The largest absolute Gasteiger partial charge is 0.495 e. The standard InChI is InChI=1S/C14H20N2O2S/c1-18-13-3-2-11(9-12(13)15)16-14(17)8-10-4-6-19-7-5-10/h2-3,9-10H,4-8,15H2,1H3,(H,16,17). The lowest BCUT2D eigenvalue weighted by Crippen LogP contribution is -2.19. The van der Waals surface area contributed by atoms with Gasteiger partial charge >= 0.3 is 0 Å². The minimum Gasteiger partial charge on any atom is -0.495 e. The number of ether oxygens (including phenoxy) is 1. The molecule has 3 N–H and O–H groups in total. The van der Waals surface area contributed by atoms with Gasteiger partial charge in [0, 0.05) is 12.1 Å². The van der Waals surface area contributed by atoms with Gasteiger partial charge in [0.05, 0.1) is 12.8 Å². The second-order valence-corrected chi connectivity index (χ2v) is 5.99. The second kappa shape index (κ2) is 6.70. The number of carbonyl (C=O) groups is 1. The average Bonchev–Trinajstić information content (AvgIpc) is 2.40. The molecule has 104 valence electrons. The van der Waals surface area contributed by atoms with E-state index in [0.29, 0.717) is 23.8 Å². The van der Waals surface area contributed by atoms with Crippen LogP contribution >= 0.6 is 11.8 Å². The van der Waals surface area contributed by atoms with E-state index in [0.717, 1.165) is 18.5 Å². The monoisotopic (exact) mass is 280 g/mol. The van der Waals surface area contributed by atoms with Gasteiger partial charge in [0.15, 0.2) is 0 Å². The van der Waals surface area contributed by atoms with Gasteiger partial charge in [-0.2, -0.15) is 11.8 Å². The smallest absolute Gasteiger partial charge is 0.224 e. The first-order valence-corrected chi connectivity index (χ1v) is 7.65. The van der Waals surface area contributed by atoms with Crippen molar-refractivity contribution in [2.24, 2.45) is 5.92 Å². The molecule has 0 spiro atoms. The summed E-state index contributed by atoms with van der Waals surface area (Å²) in [5, 5.41) is 2.90. The van der Waals surface area contributed by atoms with Crippen molar-refractivity contribution in [2.75, 3.05) is 29.7 Å². The molecule has 0 unspecified atom stereocenters. The van der Waals surface area contributed by atoms with E-state index in [2.05, 4.69) is 5.32 Å². The van der Waals surface area contributed by atoms with E-state index in [9.17, 15) is 4.79 Å². The number of nitrogens with two attached hydrogens (primary N) is 1. The summed E-state index contributed by atoms with van der Waals surface area (Å²) >= 11 is 1.97. The predicted molar refractivity (Wildman–Crippen MR) is 80.7 cm³/mol. The Balaban J connectivity index is 1.89. The van der Waals surface area contributed by atoms with Crippen molar-refractivity contribution >= 4 is 29.0 Å². The first-order chi connectivity index (χ1) is 9.19. The van der Waals surface area contributed by atoms with Gasteiger partial charge in [-0.15, -0.1) is 0 Å². The van der Waals surface area contributed by atoms with Gasteiger partial charge in [-0.25, -0.2) is 0 Å². The average molecular weight is 280 g/mol. The maximum atomic E-state index is 12.0. The highest BCUT2D eigenvalue weighted by atomic mass is 32.2. The Hall–Kier alpha value is -1.36. The van der Waals surface area contributed by atoms with Gasteiger partial charge in [0.1, 0.15) is 5.75 Å². The van der Waals surface area contributed by atoms with E-state index < -0.39 is 0 Å². The zero-order valence-corrected chi connectivity index (χ0v) is 12.0. The Morgan fingerprint density at radius 1 is 1.47 bits per heavy atom. The van der Waals surface area contributed by atoms with Crippen molar-refractivity contribution in [3.8, 4) is 5.75 Å². The third-order valence-electron chi connectivity index (χ3n) is 3.33. The number of hydrogen-bond donors (Lipinski definition) is 2. The Bertz CT molecular complexity index is 445. The molecule has 1 amide bonds. The summed E-state index contributed by atoms with van der Waals surface area (Å²) in [4.78, 5) is 12.0. The molecule has 1 saturated heterocycles. The molecule has 1 aliphatic rings. The van der Waals surface area contributed by atoms with Crippen LogP contribution in [-0.2, 0) is 4.79 Å². The van der Waals surface area contributed by atoms with Crippen molar-refractivity contribution in [3.05, 3.63) is 18.2 Å². The maximum absolute atomic E-state index is 12.0. The highest BCUT2D eigenvalue weighted by Gasteiger charge is 2.17. The number of nitrogen functional groups attached to an aromatic ring is 1. The molecule has 1 heterocycles. The van der Waals surface area contributed by atoms with Gasteiger partial charge in [0.2, 0.25) is 5.91 Å². The molecule has 0 bridgehead atoms. The summed E-state index contributed by atoms with van der Waals surface area (Å²) in [5.41, 5.74) is 7.08. The molecule has 1 fully saturated rings. The van der Waals surface area contributed by atoms with Crippen LogP contribution in [0.2, 0.25) is 0 Å². The van der Waals surface area contributed by atoms with Crippen LogP contribution < -0.4 is 15.8 Å². The number of rotatable bonds is 4. The summed E-state index contributed by atoms with van der Waals surface area (Å²) in [6.07, 6.45) is 2.89.